The van der Waals surface area contributed by atoms with E-state index in [1.165, 1.54) is 25.7 Å². The van der Waals surface area contributed by atoms with Crippen molar-refractivity contribution in [1.29, 1.82) is 0 Å². The number of rotatable bonds is 3. The van der Waals surface area contributed by atoms with Gasteiger partial charge in [-0.2, -0.15) is 0 Å². The first-order valence-corrected chi connectivity index (χ1v) is 5.98. The van der Waals surface area contributed by atoms with Crippen LogP contribution in [0.3, 0.4) is 0 Å². The van der Waals surface area contributed by atoms with Gasteiger partial charge in [0.05, 0.1) is 0 Å². The summed E-state index contributed by atoms with van der Waals surface area (Å²) in [6.07, 6.45) is 5.10. The fraction of sp³-hybridized carbons (Fsp3) is 0.583. The first-order valence-electron chi connectivity index (χ1n) is 5.98. The van der Waals surface area contributed by atoms with Gasteiger partial charge in [-0.15, -0.1) is 0 Å². The third kappa shape index (κ3) is 2.85. The van der Waals surface area contributed by atoms with Crippen LogP contribution in [0.1, 0.15) is 32.6 Å². The van der Waals surface area contributed by atoms with Gasteiger partial charge in [-0.1, -0.05) is 13.0 Å². The van der Waals surface area contributed by atoms with E-state index < -0.39 is 0 Å². The molecule has 1 aliphatic rings. The molecular weight excluding hydrogens is 200 g/mol. The third-order valence-corrected chi connectivity index (χ3v) is 3.26. The maximum Gasteiger partial charge on any atom is 0.142 e. The number of anilines is 2. The summed E-state index contributed by atoms with van der Waals surface area (Å²) in [5.74, 6) is 7.82. The molecule has 1 aromatic rings. The minimum Gasteiger partial charge on any atom is -0.367 e. The van der Waals surface area contributed by atoms with Gasteiger partial charge < -0.3 is 10.7 Å². The van der Waals surface area contributed by atoms with Gasteiger partial charge in [-0.05, 0) is 43.7 Å². The Kier molecular flexibility index (Phi) is 3.62. The minimum absolute atomic E-state index is 0.566. The lowest BCUT2D eigenvalue weighted by Crippen LogP contribution is -2.25. The summed E-state index contributed by atoms with van der Waals surface area (Å²) in [5.41, 5.74) is 2.56. The maximum atomic E-state index is 5.33. The molecule has 0 unspecified atom stereocenters. The van der Waals surface area contributed by atoms with Crippen LogP contribution >= 0.6 is 0 Å². The quantitative estimate of drug-likeness (QED) is 0.540. The first kappa shape index (κ1) is 11.2. The van der Waals surface area contributed by atoms with Crippen LogP contribution in [0, 0.1) is 5.92 Å². The highest BCUT2D eigenvalue weighted by Crippen LogP contribution is 2.25. The fourth-order valence-corrected chi connectivity index (χ4v) is 2.21. The van der Waals surface area contributed by atoms with Gasteiger partial charge in [0, 0.05) is 6.04 Å². The Balaban J connectivity index is 1.93. The second-order valence-electron chi connectivity index (χ2n) is 4.65. The van der Waals surface area contributed by atoms with Crippen LogP contribution in [0.15, 0.2) is 18.2 Å². The van der Waals surface area contributed by atoms with Crippen molar-refractivity contribution in [3.63, 3.8) is 0 Å². The number of aromatic nitrogens is 1. The lowest BCUT2D eigenvalue weighted by molar-refractivity contribution is 0.361. The van der Waals surface area contributed by atoms with E-state index in [1.807, 2.05) is 18.2 Å². The second kappa shape index (κ2) is 5.16. The fourth-order valence-electron chi connectivity index (χ4n) is 2.21. The van der Waals surface area contributed by atoms with Gasteiger partial charge in [0.25, 0.3) is 0 Å². The summed E-state index contributed by atoms with van der Waals surface area (Å²) >= 11 is 0. The van der Waals surface area contributed by atoms with E-state index in [0.29, 0.717) is 11.9 Å². The molecule has 0 spiro atoms. The van der Waals surface area contributed by atoms with Gasteiger partial charge in [-0.25, -0.2) is 10.8 Å². The highest BCUT2D eigenvalue weighted by atomic mass is 15.3. The van der Waals surface area contributed by atoms with Crippen LogP contribution in [0.5, 0.6) is 0 Å². The summed E-state index contributed by atoms with van der Waals surface area (Å²) < 4.78 is 0. The normalized spacial score (nSPS) is 25.1. The molecule has 16 heavy (non-hydrogen) atoms. The third-order valence-electron chi connectivity index (χ3n) is 3.26. The van der Waals surface area contributed by atoms with Crippen LogP contribution in [-0.4, -0.2) is 11.0 Å². The molecule has 0 radical (unpaired) electrons. The van der Waals surface area contributed by atoms with Crippen molar-refractivity contribution in [3.05, 3.63) is 18.2 Å². The Hall–Kier alpha value is -1.29. The van der Waals surface area contributed by atoms with Crippen LogP contribution in [0.25, 0.3) is 0 Å². The molecule has 1 aromatic heterocycles. The molecule has 4 heteroatoms. The van der Waals surface area contributed by atoms with E-state index in [4.69, 9.17) is 5.84 Å². The van der Waals surface area contributed by atoms with E-state index in [1.54, 1.807) is 0 Å². The lowest BCUT2D eigenvalue weighted by Gasteiger charge is -2.27. The van der Waals surface area contributed by atoms with Gasteiger partial charge in [-0.3, -0.25) is 0 Å². The summed E-state index contributed by atoms with van der Waals surface area (Å²) in [6, 6.07) is 6.36. The van der Waals surface area contributed by atoms with Crippen molar-refractivity contribution in [3.8, 4) is 0 Å². The molecule has 0 atom stereocenters. The highest BCUT2D eigenvalue weighted by molar-refractivity contribution is 5.44. The number of nitrogens with one attached hydrogen (secondary N) is 2. The van der Waals surface area contributed by atoms with Gasteiger partial charge in [0.1, 0.15) is 11.6 Å². The Bertz CT molecular complexity index is 332. The number of nitrogens with zero attached hydrogens (tertiary/aromatic N) is 1. The smallest absolute Gasteiger partial charge is 0.142 e. The largest absolute Gasteiger partial charge is 0.367 e. The summed E-state index contributed by atoms with van der Waals surface area (Å²) in [6.45, 7) is 2.33. The average Bonchev–Trinajstić information content (AvgIpc) is 2.32. The van der Waals surface area contributed by atoms with Crippen molar-refractivity contribution in [2.24, 2.45) is 11.8 Å². The molecule has 1 aliphatic carbocycles. The topological polar surface area (TPSA) is 63.0 Å². The molecular formula is C12H20N4. The molecule has 1 heterocycles. The van der Waals surface area contributed by atoms with Crippen LogP contribution in [0.2, 0.25) is 0 Å². The summed E-state index contributed by atoms with van der Waals surface area (Å²) in [4.78, 5) is 4.36. The zero-order valence-corrected chi connectivity index (χ0v) is 9.74. The van der Waals surface area contributed by atoms with E-state index in [2.05, 4.69) is 22.7 Å². The Morgan fingerprint density at radius 2 is 1.88 bits per heavy atom. The molecule has 2 rings (SSSR count). The summed E-state index contributed by atoms with van der Waals surface area (Å²) in [7, 11) is 0. The Morgan fingerprint density at radius 3 is 2.56 bits per heavy atom. The number of nitrogens with two attached hydrogens (primary N) is 1. The minimum atomic E-state index is 0.566. The molecule has 1 saturated carbocycles. The van der Waals surface area contributed by atoms with Crippen molar-refractivity contribution in [2.75, 3.05) is 10.7 Å². The highest BCUT2D eigenvalue weighted by Gasteiger charge is 2.18. The number of pyridine rings is 1. The van der Waals surface area contributed by atoms with Gasteiger partial charge in [0.2, 0.25) is 0 Å². The zero-order valence-electron chi connectivity index (χ0n) is 9.74. The Morgan fingerprint density at radius 1 is 1.19 bits per heavy atom. The molecule has 0 aliphatic heterocycles. The standard InChI is InChI=1S/C12H20N4/c1-9-5-7-10(8-6-9)14-11-3-2-4-12(15-11)16-13/h2-4,9-10H,5-8,13H2,1H3,(H2,14,15,16). The molecule has 0 amide bonds. The maximum absolute atomic E-state index is 5.33. The van der Waals surface area contributed by atoms with Crippen molar-refractivity contribution < 1.29 is 0 Å². The second-order valence-corrected chi connectivity index (χ2v) is 4.65. The first-order chi connectivity index (χ1) is 7.78. The van der Waals surface area contributed by atoms with Crippen molar-refractivity contribution in [2.45, 2.75) is 38.6 Å². The molecule has 1 fully saturated rings. The van der Waals surface area contributed by atoms with Gasteiger partial charge in [0.15, 0.2) is 0 Å². The lowest BCUT2D eigenvalue weighted by atomic mass is 9.87. The monoisotopic (exact) mass is 220 g/mol. The van der Waals surface area contributed by atoms with E-state index in [0.717, 1.165) is 11.7 Å². The van der Waals surface area contributed by atoms with Crippen LogP contribution < -0.4 is 16.6 Å². The van der Waals surface area contributed by atoms with Crippen LogP contribution in [-0.2, 0) is 0 Å². The average molecular weight is 220 g/mol. The zero-order chi connectivity index (χ0) is 11.4. The summed E-state index contributed by atoms with van der Waals surface area (Å²) in [5, 5.41) is 3.47. The predicted octanol–water partition coefficient (Wildman–Crippen LogP) is 2.36. The molecule has 4 N–H and O–H groups in total. The predicted molar refractivity (Wildman–Crippen MR) is 67.1 cm³/mol. The van der Waals surface area contributed by atoms with E-state index in [9.17, 15) is 0 Å². The molecule has 0 aromatic carbocycles. The van der Waals surface area contributed by atoms with Gasteiger partial charge >= 0.3 is 0 Å². The molecule has 0 saturated heterocycles. The Labute approximate surface area is 96.6 Å². The number of nitrogen functional groups attached to an aromatic ring is 1. The molecule has 88 valence electrons. The van der Waals surface area contributed by atoms with E-state index in [-0.39, 0.29) is 0 Å². The molecule has 0 bridgehead atoms. The van der Waals surface area contributed by atoms with Crippen molar-refractivity contribution >= 4 is 11.6 Å². The molecule has 4 nitrogen and oxygen atoms in total. The van der Waals surface area contributed by atoms with E-state index >= 15 is 0 Å². The van der Waals surface area contributed by atoms with Crippen molar-refractivity contribution in [1.82, 2.24) is 4.98 Å². The number of hydrogen-bond acceptors (Lipinski definition) is 4. The number of hydrogen-bond donors (Lipinski definition) is 3. The van der Waals surface area contributed by atoms with Crippen LogP contribution in [0.4, 0.5) is 11.6 Å². The SMILES string of the molecule is CC1CCC(Nc2cccc(NN)n2)CC1. The number of hydrazine groups is 1.